The van der Waals surface area contributed by atoms with Crippen LogP contribution in [-0.4, -0.2) is 12.3 Å². The van der Waals surface area contributed by atoms with Gasteiger partial charge in [0, 0.05) is 17.4 Å². The van der Waals surface area contributed by atoms with E-state index in [1.54, 1.807) is 0 Å². The Bertz CT molecular complexity index is 638. The van der Waals surface area contributed by atoms with Crippen LogP contribution in [-0.2, 0) is 17.6 Å². The first-order valence-corrected chi connectivity index (χ1v) is 7.62. The Labute approximate surface area is 127 Å². The van der Waals surface area contributed by atoms with Crippen LogP contribution in [0.5, 0.6) is 0 Å². The summed E-state index contributed by atoms with van der Waals surface area (Å²) in [6, 6.07) is 16.0. The average molecular weight is 330 g/mol. The predicted octanol–water partition coefficient (Wildman–Crippen LogP) is 3.45. The van der Waals surface area contributed by atoms with Crippen LogP contribution in [0, 0.1) is 0 Å². The quantitative estimate of drug-likeness (QED) is 0.934. The summed E-state index contributed by atoms with van der Waals surface area (Å²) in [5.74, 6) is 0.226. The van der Waals surface area contributed by atoms with Gasteiger partial charge in [0.15, 0.2) is 5.78 Å². The van der Waals surface area contributed by atoms with E-state index in [0.717, 1.165) is 28.6 Å². The smallest absolute Gasteiger partial charge is 0.158 e. The van der Waals surface area contributed by atoms with Crippen molar-refractivity contribution in [3.8, 4) is 0 Å². The van der Waals surface area contributed by atoms with Gasteiger partial charge >= 0.3 is 0 Å². The first-order valence-electron chi connectivity index (χ1n) is 6.83. The fourth-order valence-corrected chi connectivity index (χ4v) is 3.15. The molecule has 0 amide bonds. The Morgan fingerprint density at radius 3 is 2.75 bits per heavy atom. The minimum absolute atomic E-state index is 0.174. The monoisotopic (exact) mass is 329 g/mol. The van der Waals surface area contributed by atoms with Crippen LogP contribution in [0.3, 0.4) is 0 Å². The molecule has 0 fully saturated rings. The van der Waals surface area contributed by atoms with Crippen LogP contribution in [0.2, 0.25) is 0 Å². The first kappa shape index (κ1) is 13.5. The number of carbonyl (C=O) groups is 1. The molecule has 0 saturated heterocycles. The highest BCUT2D eigenvalue weighted by atomic mass is 79.9. The SMILES string of the molecule is O=C(Cc1ccccc1Br)C1NCCc2ccccc21. The number of halogens is 1. The number of rotatable bonds is 3. The van der Waals surface area contributed by atoms with Gasteiger partial charge in [-0.3, -0.25) is 4.79 Å². The molecule has 20 heavy (non-hydrogen) atoms. The highest BCUT2D eigenvalue weighted by molar-refractivity contribution is 9.10. The molecule has 3 heteroatoms. The van der Waals surface area contributed by atoms with Gasteiger partial charge in [-0.15, -0.1) is 0 Å². The second-order valence-electron chi connectivity index (χ2n) is 5.07. The lowest BCUT2D eigenvalue weighted by atomic mass is 9.90. The van der Waals surface area contributed by atoms with Crippen LogP contribution in [0.25, 0.3) is 0 Å². The topological polar surface area (TPSA) is 29.1 Å². The van der Waals surface area contributed by atoms with Crippen molar-refractivity contribution in [2.45, 2.75) is 18.9 Å². The Morgan fingerprint density at radius 2 is 1.90 bits per heavy atom. The average Bonchev–Trinajstić information content (AvgIpc) is 2.49. The second-order valence-corrected chi connectivity index (χ2v) is 5.92. The maximum absolute atomic E-state index is 12.6. The summed E-state index contributed by atoms with van der Waals surface area (Å²) in [5.41, 5.74) is 3.47. The van der Waals surface area contributed by atoms with Crippen molar-refractivity contribution >= 4 is 21.7 Å². The van der Waals surface area contributed by atoms with E-state index in [2.05, 4.69) is 33.4 Å². The van der Waals surface area contributed by atoms with Gasteiger partial charge in [0.2, 0.25) is 0 Å². The molecule has 1 aliphatic heterocycles. The number of hydrogen-bond acceptors (Lipinski definition) is 2. The molecule has 2 aromatic rings. The van der Waals surface area contributed by atoms with E-state index in [1.807, 2.05) is 36.4 Å². The fourth-order valence-electron chi connectivity index (χ4n) is 2.72. The summed E-state index contributed by atoms with van der Waals surface area (Å²) in [6.07, 6.45) is 1.45. The van der Waals surface area contributed by atoms with Gasteiger partial charge in [0.05, 0.1) is 6.04 Å². The van der Waals surface area contributed by atoms with Crippen LogP contribution in [0.15, 0.2) is 53.0 Å². The third kappa shape index (κ3) is 2.69. The van der Waals surface area contributed by atoms with Crippen molar-refractivity contribution in [2.75, 3.05) is 6.54 Å². The Morgan fingerprint density at radius 1 is 1.15 bits per heavy atom. The molecule has 0 radical (unpaired) electrons. The molecule has 0 aromatic heterocycles. The van der Waals surface area contributed by atoms with Crippen molar-refractivity contribution in [3.63, 3.8) is 0 Å². The lowest BCUT2D eigenvalue weighted by Gasteiger charge is -2.26. The van der Waals surface area contributed by atoms with Crippen molar-refractivity contribution in [1.29, 1.82) is 0 Å². The molecule has 0 saturated carbocycles. The molecule has 1 N–H and O–H groups in total. The van der Waals surface area contributed by atoms with Crippen LogP contribution in [0.4, 0.5) is 0 Å². The minimum atomic E-state index is -0.174. The summed E-state index contributed by atoms with van der Waals surface area (Å²) in [5, 5.41) is 3.35. The lowest BCUT2D eigenvalue weighted by Crippen LogP contribution is -2.35. The number of carbonyl (C=O) groups excluding carboxylic acids is 1. The highest BCUT2D eigenvalue weighted by Crippen LogP contribution is 2.25. The Hall–Kier alpha value is -1.45. The van der Waals surface area contributed by atoms with Gasteiger partial charge in [-0.1, -0.05) is 58.4 Å². The van der Waals surface area contributed by atoms with Gasteiger partial charge in [-0.25, -0.2) is 0 Å². The largest absolute Gasteiger partial charge is 0.303 e. The van der Waals surface area contributed by atoms with Gasteiger partial charge in [-0.05, 0) is 29.2 Å². The number of Topliss-reactive ketones (excluding diaryl/α,β-unsaturated/α-hetero) is 1. The molecule has 1 atom stereocenters. The van der Waals surface area contributed by atoms with E-state index in [1.165, 1.54) is 5.56 Å². The zero-order valence-electron chi connectivity index (χ0n) is 11.1. The molecule has 3 rings (SSSR count). The van der Waals surface area contributed by atoms with E-state index < -0.39 is 0 Å². The molecule has 1 heterocycles. The van der Waals surface area contributed by atoms with E-state index in [4.69, 9.17) is 0 Å². The van der Waals surface area contributed by atoms with Crippen LogP contribution < -0.4 is 5.32 Å². The highest BCUT2D eigenvalue weighted by Gasteiger charge is 2.25. The van der Waals surface area contributed by atoms with E-state index in [9.17, 15) is 4.79 Å². The number of ketones is 1. The number of fused-ring (bicyclic) bond motifs is 1. The molecule has 102 valence electrons. The van der Waals surface area contributed by atoms with Crippen LogP contribution >= 0.6 is 15.9 Å². The molecule has 1 unspecified atom stereocenters. The van der Waals surface area contributed by atoms with Crippen molar-refractivity contribution in [1.82, 2.24) is 5.32 Å². The normalized spacial score (nSPS) is 17.6. The van der Waals surface area contributed by atoms with Crippen molar-refractivity contribution < 1.29 is 4.79 Å². The van der Waals surface area contributed by atoms with E-state index in [-0.39, 0.29) is 11.8 Å². The van der Waals surface area contributed by atoms with Crippen molar-refractivity contribution in [3.05, 3.63) is 69.7 Å². The first-order chi connectivity index (χ1) is 9.75. The molecule has 2 nitrogen and oxygen atoms in total. The van der Waals surface area contributed by atoms with E-state index in [0.29, 0.717) is 6.42 Å². The van der Waals surface area contributed by atoms with Gasteiger partial charge < -0.3 is 5.32 Å². The van der Waals surface area contributed by atoms with Crippen molar-refractivity contribution in [2.24, 2.45) is 0 Å². The third-order valence-corrected chi connectivity index (χ3v) is 4.53. The van der Waals surface area contributed by atoms with Gasteiger partial charge in [0.1, 0.15) is 0 Å². The number of benzene rings is 2. The molecule has 0 bridgehead atoms. The van der Waals surface area contributed by atoms with Gasteiger partial charge in [0.25, 0.3) is 0 Å². The summed E-state index contributed by atoms with van der Waals surface area (Å²) in [6.45, 7) is 0.864. The molecule has 0 aliphatic carbocycles. The molecule has 1 aliphatic rings. The standard InChI is InChI=1S/C17H16BrNO/c18-15-8-4-2-6-13(15)11-16(20)17-14-7-3-1-5-12(14)9-10-19-17/h1-8,17,19H,9-11H2. The zero-order chi connectivity index (χ0) is 13.9. The third-order valence-electron chi connectivity index (χ3n) is 3.75. The molecular weight excluding hydrogens is 314 g/mol. The molecular formula is C17H16BrNO. The second kappa shape index (κ2) is 5.90. The van der Waals surface area contributed by atoms with Gasteiger partial charge in [-0.2, -0.15) is 0 Å². The summed E-state index contributed by atoms with van der Waals surface area (Å²) < 4.78 is 0.998. The Kier molecular flexibility index (Phi) is 3.99. The Balaban J connectivity index is 1.84. The minimum Gasteiger partial charge on any atom is -0.303 e. The number of hydrogen-bond donors (Lipinski definition) is 1. The molecule has 2 aromatic carbocycles. The summed E-state index contributed by atoms with van der Waals surface area (Å²) in [7, 11) is 0. The summed E-state index contributed by atoms with van der Waals surface area (Å²) in [4.78, 5) is 12.6. The zero-order valence-corrected chi connectivity index (χ0v) is 12.7. The predicted molar refractivity (Wildman–Crippen MR) is 83.7 cm³/mol. The van der Waals surface area contributed by atoms with Crippen LogP contribution in [0.1, 0.15) is 22.7 Å². The maximum Gasteiger partial charge on any atom is 0.158 e. The van der Waals surface area contributed by atoms with E-state index >= 15 is 0 Å². The maximum atomic E-state index is 12.6. The lowest BCUT2D eigenvalue weighted by molar-refractivity contribution is -0.120. The number of nitrogens with one attached hydrogen (secondary N) is 1. The summed E-state index contributed by atoms with van der Waals surface area (Å²) >= 11 is 3.51. The fraction of sp³-hybridized carbons (Fsp3) is 0.235. The molecule has 0 spiro atoms.